The van der Waals surface area contributed by atoms with Crippen LogP contribution in [0.1, 0.15) is 33.3 Å². The largest absolute Gasteiger partial charge is 0.492 e. The Kier molecular flexibility index (Phi) is 6.33. The van der Waals surface area contributed by atoms with Crippen LogP contribution in [-0.4, -0.2) is 30.1 Å². The highest BCUT2D eigenvalue weighted by atomic mass is 79.9. The van der Waals surface area contributed by atoms with Gasteiger partial charge in [-0.2, -0.15) is 5.26 Å². The Bertz CT molecular complexity index is 444. The number of halogens is 1. The van der Waals surface area contributed by atoms with Gasteiger partial charge >= 0.3 is 0 Å². The molecule has 3 nitrogen and oxygen atoms in total. The molecular formula is C15H21BrN2O. The van der Waals surface area contributed by atoms with Crippen LogP contribution in [0.3, 0.4) is 0 Å². The number of nitrogens with zero attached hydrogens (tertiary/aromatic N) is 2. The highest BCUT2D eigenvalue weighted by molar-refractivity contribution is 9.10. The maximum atomic E-state index is 8.85. The summed E-state index contributed by atoms with van der Waals surface area (Å²) in [5, 5.41) is 8.85. The molecule has 0 radical (unpaired) electrons. The van der Waals surface area contributed by atoms with E-state index in [0.29, 0.717) is 24.3 Å². The normalized spacial score (nSPS) is 11.1. The van der Waals surface area contributed by atoms with Crippen LogP contribution in [0.5, 0.6) is 5.75 Å². The first-order chi connectivity index (χ1) is 8.95. The van der Waals surface area contributed by atoms with Crippen LogP contribution in [0.2, 0.25) is 0 Å². The highest BCUT2D eigenvalue weighted by Crippen LogP contribution is 2.22. The summed E-state index contributed by atoms with van der Waals surface area (Å²) in [6.07, 6.45) is 0. The molecule has 0 atom stereocenters. The van der Waals surface area contributed by atoms with Crippen molar-refractivity contribution in [2.75, 3.05) is 13.2 Å². The molecule has 0 aromatic heterocycles. The predicted molar refractivity (Wildman–Crippen MR) is 81.3 cm³/mol. The van der Waals surface area contributed by atoms with E-state index in [9.17, 15) is 0 Å². The zero-order valence-electron chi connectivity index (χ0n) is 12.0. The van der Waals surface area contributed by atoms with Crippen molar-refractivity contribution in [2.24, 2.45) is 0 Å². The molecule has 0 heterocycles. The molecule has 0 N–H and O–H groups in total. The van der Waals surface area contributed by atoms with Crippen molar-refractivity contribution >= 4 is 15.9 Å². The Morgan fingerprint density at radius 2 is 1.89 bits per heavy atom. The van der Waals surface area contributed by atoms with Crippen LogP contribution in [-0.2, 0) is 0 Å². The monoisotopic (exact) mass is 324 g/mol. The van der Waals surface area contributed by atoms with Gasteiger partial charge in [0.15, 0.2) is 0 Å². The average molecular weight is 325 g/mol. The van der Waals surface area contributed by atoms with Crippen LogP contribution >= 0.6 is 15.9 Å². The van der Waals surface area contributed by atoms with Crippen LogP contribution in [0.25, 0.3) is 0 Å². The van der Waals surface area contributed by atoms with Crippen LogP contribution in [0, 0.1) is 11.3 Å². The van der Waals surface area contributed by atoms with E-state index in [0.717, 1.165) is 16.8 Å². The predicted octanol–water partition coefficient (Wildman–Crippen LogP) is 3.82. The van der Waals surface area contributed by atoms with Crippen molar-refractivity contribution in [1.82, 2.24) is 4.90 Å². The molecule has 0 aliphatic carbocycles. The fourth-order valence-electron chi connectivity index (χ4n) is 2.06. The number of rotatable bonds is 6. The van der Waals surface area contributed by atoms with Gasteiger partial charge < -0.3 is 4.74 Å². The molecule has 1 rings (SSSR count). The SMILES string of the molecule is CC(C)N(CCOc1ccc(C#N)c(Br)c1)C(C)C. The molecule has 0 amide bonds. The molecule has 0 bridgehead atoms. The fourth-order valence-corrected chi connectivity index (χ4v) is 2.50. The zero-order valence-corrected chi connectivity index (χ0v) is 13.6. The van der Waals surface area contributed by atoms with Crippen molar-refractivity contribution in [1.29, 1.82) is 5.26 Å². The van der Waals surface area contributed by atoms with Crippen LogP contribution in [0.4, 0.5) is 0 Å². The van der Waals surface area contributed by atoms with Gasteiger partial charge in [0.2, 0.25) is 0 Å². The van der Waals surface area contributed by atoms with Gasteiger partial charge in [0.25, 0.3) is 0 Å². The van der Waals surface area contributed by atoms with Crippen molar-refractivity contribution in [3.63, 3.8) is 0 Å². The first kappa shape index (κ1) is 16.0. The van der Waals surface area contributed by atoms with E-state index < -0.39 is 0 Å². The van der Waals surface area contributed by atoms with Gasteiger partial charge in [-0.1, -0.05) is 0 Å². The zero-order chi connectivity index (χ0) is 14.4. The summed E-state index contributed by atoms with van der Waals surface area (Å²) in [5.74, 6) is 0.790. The summed E-state index contributed by atoms with van der Waals surface area (Å²) in [5.41, 5.74) is 0.623. The first-order valence-electron chi connectivity index (χ1n) is 6.54. The lowest BCUT2D eigenvalue weighted by Gasteiger charge is -2.30. The minimum atomic E-state index is 0.510. The Morgan fingerprint density at radius 1 is 1.26 bits per heavy atom. The van der Waals surface area contributed by atoms with E-state index in [1.54, 1.807) is 6.07 Å². The van der Waals surface area contributed by atoms with Gasteiger partial charge in [-0.25, -0.2) is 0 Å². The lowest BCUT2D eigenvalue weighted by atomic mass is 10.2. The number of benzene rings is 1. The Hall–Kier alpha value is -1.05. The maximum Gasteiger partial charge on any atom is 0.120 e. The summed E-state index contributed by atoms with van der Waals surface area (Å²) in [6, 6.07) is 8.58. The third kappa shape index (κ3) is 4.85. The Balaban J connectivity index is 2.54. The lowest BCUT2D eigenvalue weighted by molar-refractivity contribution is 0.142. The second kappa shape index (κ2) is 7.52. The van der Waals surface area contributed by atoms with Gasteiger partial charge in [-0.15, -0.1) is 0 Å². The van der Waals surface area contributed by atoms with E-state index in [1.165, 1.54) is 0 Å². The fraction of sp³-hybridized carbons (Fsp3) is 0.533. The molecule has 4 heteroatoms. The molecule has 0 spiro atoms. The molecule has 19 heavy (non-hydrogen) atoms. The molecule has 1 aromatic rings. The summed E-state index contributed by atoms with van der Waals surface area (Å²) < 4.78 is 6.51. The Morgan fingerprint density at radius 3 is 2.37 bits per heavy atom. The second-order valence-electron chi connectivity index (χ2n) is 5.03. The third-order valence-electron chi connectivity index (χ3n) is 3.01. The van der Waals surface area contributed by atoms with Crippen LogP contribution < -0.4 is 4.74 Å². The molecule has 0 aliphatic heterocycles. The van der Waals surface area contributed by atoms with E-state index >= 15 is 0 Å². The number of nitriles is 1. The molecule has 0 fully saturated rings. The number of hydrogen-bond donors (Lipinski definition) is 0. The van der Waals surface area contributed by atoms with Gasteiger partial charge in [0, 0.05) is 23.1 Å². The second-order valence-corrected chi connectivity index (χ2v) is 5.88. The van der Waals surface area contributed by atoms with Gasteiger partial charge in [0.05, 0.1) is 5.56 Å². The van der Waals surface area contributed by atoms with E-state index in [-0.39, 0.29) is 0 Å². The van der Waals surface area contributed by atoms with E-state index in [2.05, 4.69) is 54.6 Å². The maximum absolute atomic E-state index is 8.85. The summed E-state index contributed by atoms with van der Waals surface area (Å²) in [4.78, 5) is 2.39. The molecule has 0 aliphatic rings. The summed E-state index contributed by atoms with van der Waals surface area (Å²) in [7, 11) is 0. The topological polar surface area (TPSA) is 36.3 Å². The first-order valence-corrected chi connectivity index (χ1v) is 7.33. The minimum Gasteiger partial charge on any atom is -0.492 e. The average Bonchev–Trinajstić information content (AvgIpc) is 2.33. The van der Waals surface area contributed by atoms with Crippen molar-refractivity contribution in [3.05, 3.63) is 28.2 Å². The molecule has 0 saturated heterocycles. The number of hydrogen-bond acceptors (Lipinski definition) is 3. The van der Waals surface area contributed by atoms with Crippen molar-refractivity contribution in [2.45, 2.75) is 39.8 Å². The third-order valence-corrected chi connectivity index (χ3v) is 3.66. The summed E-state index contributed by atoms with van der Waals surface area (Å²) >= 11 is 3.36. The molecule has 0 unspecified atom stereocenters. The molecule has 0 saturated carbocycles. The molecular weight excluding hydrogens is 304 g/mol. The van der Waals surface area contributed by atoms with Crippen molar-refractivity contribution in [3.8, 4) is 11.8 Å². The smallest absolute Gasteiger partial charge is 0.120 e. The minimum absolute atomic E-state index is 0.510. The molecule has 1 aromatic carbocycles. The quantitative estimate of drug-likeness (QED) is 0.798. The lowest BCUT2D eigenvalue weighted by Crippen LogP contribution is -2.39. The molecule has 104 valence electrons. The van der Waals surface area contributed by atoms with E-state index in [1.807, 2.05) is 12.1 Å². The standard InChI is InChI=1S/C15H21BrN2O/c1-11(2)18(12(3)4)7-8-19-14-6-5-13(10-17)15(16)9-14/h5-6,9,11-12H,7-8H2,1-4H3. The van der Waals surface area contributed by atoms with Gasteiger partial charge in [-0.3, -0.25) is 4.90 Å². The van der Waals surface area contributed by atoms with Crippen molar-refractivity contribution < 1.29 is 4.74 Å². The Labute approximate surface area is 124 Å². The number of ether oxygens (including phenoxy) is 1. The summed E-state index contributed by atoms with van der Waals surface area (Å²) in [6.45, 7) is 10.3. The van der Waals surface area contributed by atoms with Gasteiger partial charge in [0.1, 0.15) is 18.4 Å². The van der Waals surface area contributed by atoms with Gasteiger partial charge in [-0.05, 0) is 61.8 Å². The van der Waals surface area contributed by atoms with E-state index in [4.69, 9.17) is 10.00 Å². The van der Waals surface area contributed by atoms with Crippen LogP contribution in [0.15, 0.2) is 22.7 Å². The highest BCUT2D eigenvalue weighted by Gasteiger charge is 2.12.